The molecule has 3 rings (SSSR count). The van der Waals surface area contributed by atoms with E-state index in [0.29, 0.717) is 19.8 Å². The second kappa shape index (κ2) is 3.87. The SMILES string of the molecule is NCc1c2c(nn1-c1cccc(O)c1)COC2. The van der Waals surface area contributed by atoms with Gasteiger partial charge < -0.3 is 15.6 Å². The van der Waals surface area contributed by atoms with Crippen molar-refractivity contribution in [1.82, 2.24) is 9.78 Å². The molecule has 0 spiro atoms. The maximum Gasteiger partial charge on any atom is 0.117 e. The molecule has 5 heteroatoms. The maximum absolute atomic E-state index is 9.49. The molecule has 2 heterocycles. The molecule has 0 atom stereocenters. The molecule has 0 bridgehead atoms. The summed E-state index contributed by atoms with van der Waals surface area (Å²) in [7, 11) is 0. The largest absolute Gasteiger partial charge is 0.508 e. The van der Waals surface area contributed by atoms with Gasteiger partial charge in [-0.1, -0.05) is 6.07 Å². The third kappa shape index (κ3) is 1.60. The fraction of sp³-hybridized carbons (Fsp3) is 0.250. The predicted molar refractivity (Wildman–Crippen MR) is 61.6 cm³/mol. The van der Waals surface area contributed by atoms with Gasteiger partial charge in [0.25, 0.3) is 0 Å². The molecule has 0 aliphatic carbocycles. The van der Waals surface area contributed by atoms with Crippen molar-refractivity contribution in [1.29, 1.82) is 0 Å². The molecule has 0 saturated carbocycles. The molecule has 0 unspecified atom stereocenters. The first-order valence-electron chi connectivity index (χ1n) is 5.46. The number of aromatic nitrogens is 2. The highest BCUT2D eigenvalue weighted by atomic mass is 16.5. The molecule has 2 aromatic rings. The van der Waals surface area contributed by atoms with Gasteiger partial charge in [0.2, 0.25) is 0 Å². The lowest BCUT2D eigenvalue weighted by Crippen LogP contribution is -2.09. The zero-order chi connectivity index (χ0) is 11.8. The number of nitrogens with zero attached hydrogens (tertiary/aromatic N) is 2. The van der Waals surface area contributed by atoms with Crippen molar-refractivity contribution in [2.75, 3.05) is 0 Å². The first kappa shape index (κ1) is 10.3. The number of hydrogen-bond acceptors (Lipinski definition) is 4. The molecule has 0 fully saturated rings. The van der Waals surface area contributed by atoms with E-state index in [-0.39, 0.29) is 5.75 Å². The van der Waals surface area contributed by atoms with Crippen molar-refractivity contribution in [3.63, 3.8) is 0 Å². The number of aromatic hydroxyl groups is 1. The lowest BCUT2D eigenvalue weighted by Gasteiger charge is -2.07. The Morgan fingerprint density at radius 2 is 2.29 bits per heavy atom. The Hall–Kier alpha value is -1.85. The molecule has 1 aromatic carbocycles. The predicted octanol–water partition coefficient (Wildman–Crippen LogP) is 1.07. The number of fused-ring (bicyclic) bond motifs is 1. The number of nitrogens with two attached hydrogens (primary N) is 1. The Morgan fingerprint density at radius 3 is 3.06 bits per heavy atom. The summed E-state index contributed by atoms with van der Waals surface area (Å²) in [5.74, 6) is 0.220. The van der Waals surface area contributed by atoms with E-state index < -0.39 is 0 Å². The Balaban J connectivity index is 2.15. The molecule has 0 amide bonds. The van der Waals surface area contributed by atoms with E-state index in [1.807, 2.05) is 6.07 Å². The average Bonchev–Trinajstić information content (AvgIpc) is 2.88. The number of ether oxygens (including phenoxy) is 1. The van der Waals surface area contributed by atoms with Crippen molar-refractivity contribution in [2.45, 2.75) is 19.8 Å². The van der Waals surface area contributed by atoms with Gasteiger partial charge in [0.1, 0.15) is 5.75 Å². The van der Waals surface area contributed by atoms with Gasteiger partial charge in [-0.15, -0.1) is 0 Å². The van der Waals surface area contributed by atoms with Crippen LogP contribution in [0.5, 0.6) is 5.75 Å². The second-order valence-corrected chi connectivity index (χ2v) is 4.00. The lowest BCUT2D eigenvalue weighted by atomic mass is 10.2. The molecule has 1 aliphatic rings. The zero-order valence-corrected chi connectivity index (χ0v) is 9.26. The zero-order valence-electron chi connectivity index (χ0n) is 9.26. The summed E-state index contributed by atoms with van der Waals surface area (Å²) < 4.78 is 7.12. The molecule has 1 aliphatic heterocycles. The van der Waals surface area contributed by atoms with E-state index >= 15 is 0 Å². The Labute approximate surface area is 98.4 Å². The lowest BCUT2D eigenvalue weighted by molar-refractivity contribution is 0.130. The van der Waals surface area contributed by atoms with Crippen molar-refractivity contribution in [3.8, 4) is 11.4 Å². The molecular weight excluding hydrogens is 218 g/mol. The average molecular weight is 231 g/mol. The van der Waals surface area contributed by atoms with Gasteiger partial charge in [-0.25, -0.2) is 4.68 Å². The fourth-order valence-corrected chi connectivity index (χ4v) is 2.12. The minimum absolute atomic E-state index is 0.220. The van der Waals surface area contributed by atoms with Crippen LogP contribution in [0.4, 0.5) is 0 Å². The van der Waals surface area contributed by atoms with Gasteiger partial charge in [0, 0.05) is 18.2 Å². The van der Waals surface area contributed by atoms with Crippen LogP contribution in [-0.2, 0) is 24.5 Å². The van der Waals surface area contributed by atoms with Crippen LogP contribution in [0.1, 0.15) is 17.0 Å². The Morgan fingerprint density at radius 1 is 1.41 bits per heavy atom. The fourth-order valence-electron chi connectivity index (χ4n) is 2.12. The van der Waals surface area contributed by atoms with Crippen molar-refractivity contribution >= 4 is 0 Å². The van der Waals surface area contributed by atoms with Gasteiger partial charge in [0.05, 0.1) is 30.3 Å². The van der Waals surface area contributed by atoms with Crippen LogP contribution >= 0.6 is 0 Å². The third-order valence-corrected chi connectivity index (χ3v) is 2.93. The number of benzene rings is 1. The molecule has 3 N–H and O–H groups in total. The van der Waals surface area contributed by atoms with Crippen molar-refractivity contribution in [2.24, 2.45) is 5.73 Å². The van der Waals surface area contributed by atoms with Crippen molar-refractivity contribution < 1.29 is 9.84 Å². The molecular formula is C12H13N3O2. The van der Waals surface area contributed by atoms with Crippen molar-refractivity contribution in [3.05, 3.63) is 41.2 Å². The van der Waals surface area contributed by atoms with Gasteiger partial charge in [-0.3, -0.25) is 0 Å². The summed E-state index contributed by atoms with van der Waals surface area (Å²) in [6, 6.07) is 6.98. The van der Waals surface area contributed by atoms with E-state index in [0.717, 1.165) is 22.6 Å². The highest BCUT2D eigenvalue weighted by Gasteiger charge is 2.22. The molecule has 5 nitrogen and oxygen atoms in total. The molecule has 0 radical (unpaired) electrons. The summed E-state index contributed by atoms with van der Waals surface area (Å²) >= 11 is 0. The Kier molecular flexibility index (Phi) is 2.35. The first-order chi connectivity index (χ1) is 8.29. The van der Waals surface area contributed by atoms with Gasteiger partial charge in [-0.05, 0) is 12.1 Å². The molecule has 1 aromatic heterocycles. The van der Waals surface area contributed by atoms with Gasteiger partial charge in [-0.2, -0.15) is 5.10 Å². The van der Waals surface area contributed by atoms with Crippen LogP contribution in [0.2, 0.25) is 0 Å². The second-order valence-electron chi connectivity index (χ2n) is 4.00. The van der Waals surface area contributed by atoms with E-state index in [1.54, 1.807) is 22.9 Å². The summed E-state index contributed by atoms with van der Waals surface area (Å²) in [4.78, 5) is 0. The Bertz CT molecular complexity index is 563. The number of phenols is 1. The van der Waals surface area contributed by atoms with E-state index in [1.165, 1.54) is 0 Å². The van der Waals surface area contributed by atoms with Crippen LogP contribution in [-0.4, -0.2) is 14.9 Å². The first-order valence-corrected chi connectivity index (χ1v) is 5.46. The summed E-state index contributed by atoms with van der Waals surface area (Å²) in [6.45, 7) is 1.51. The quantitative estimate of drug-likeness (QED) is 0.810. The summed E-state index contributed by atoms with van der Waals surface area (Å²) in [5.41, 5.74) is 9.55. The smallest absolute Gasteiger partial charge is 0.117 e. The molecule has 17 heavy (non-hydrogen) atoms. The molecule has 0 saturated heterocycles. The van der Waals surface area contributed by atoms with Crippen LogP contribution in [0.25, 0.3) is 5.69 Å². The normalized spacial score (nSPS) is 13.9. The molecule has 88 valence electrons. The number of rotatable bonds is 2. The monoisotopic (exact) mass is 231 g/mol. The van der Waals surface area contributed by atoms with Crippen LogP contribution in [0, 0.1) is 0 Å². The minimum atomic E-state index is 0.220. The van der Waals surface area contributed by atoms with Crippen LogP contribution in [0.3, 0.4) is 0 Å². The minimum Gasteiger partial charge on any atom is -0.508 e. The van der Waals surface area contributed by atoms with E-state index in [4.69, 9.17) is 10.5 Å². The highest BCUT2D eigenvalue weighted by Crippen LogP contribution is 2.26. The van der Waals surface area contributed by atoms with Crippen LogP contribution in [0.15, 0.2) is 24.3 Å². The summed E-state index contributed by atoms with van der Waals surface area (Å²) in [5, 5.41) is 14.0. The van der Waals surface area contributed by atoms with Gasteiger partial charge >= 0.3 is 0 Å². The van der Waals surface area contributed by atoms with Crippen LogP contribution < -0.4 is 5.73 Å². The number of hydrogen-bond donors (Lipinski definition) is 2. The standard InChI is InChI=1S/C12H13N3O2/c13-5-12-10-6-17-7-11(10)14-15(12)8-2-1-3-9(16)4-8/h1-4,16H,5-7,13H2. The van der Waals surface area contributed by atoms with Gasteiger partial charge in [0.15, 0.2) is 0 Å². The highest BCUT2D eigenvalue weighted by molar-refractivity contribution is 5.42. The summed E-state index contributed by atoms with van der Waals surface area (Å²) in [6.07, 6.45) is 0. The maximum atomic E-state index is 9.49. The van der Waals surface area contributed by atoms with E-state index in [2.05, 4.69) is 5.10 Å². The topological polar surface area (TPSA) is 73.3 Å². The number of phenolic OH excluding ortho intramolecular Hbond substituents is 1. The third-order valence-electron chi connectivity index (χ3n) is 2.93. The van der Waals surface area contributed by atoms with E-state index in [9.17, 15) is 5.11 Å².